The SMILES string of the molecule is CC(CC#N)NC1C=CS(=O)(=O)C1. The predicted molar refractivity (Wildman–Crippen MR) is 49.5 cm³/mol. The van der Waals surface area contributed by atoms with Crippen molar-refractivity contribution in [2.75, 3.05) is 5.75 Å². The Balaban J connectivity index is 2.43. The highest BCUT2D eigenvalue weighted by Gasteiger charge is 2.22. The summed E-state index contributed by atoms with van der Waals surface area (Å²) in [7, 11) is -2.98. The van der Waals surface area contributed by atoms with Gasteiger partial charge in [0.15, 0.2) is 9.84 Å². The fraction of sp³-hybridized carbons (Fsp3) is 0.625. The standard InChI is InChI=1S/C8H12N2O2S/c1-7(2-4-9)10-8-3-5-13(11,12)6-8/h3,5,7-8,10H,2,6H2,1H3. The second-order valence-corrected chi connectivity index (χ2v) is 5.13. The average molecular weight is 200 g/mol. The van der Waals surface area contributed by atoms with Crippen molar-refractivity contribution in [1.29, 1.82) is 5.26 Å². The molecule has 2 unspecified atom stereocenters. The van der Waals surface area contributed by atoms with E-state index in [0.717, 1.165) is 0 Å². The molecule has 2 atom stereocenters. The number of nitrogens with one attached hydrogen (secondary N) is 1. The Morgan fingerprint density at radius 1 is 1.77 bits per heavy atom. The molecule has 0 aromatic carbocycles. The van der Waals surface area contributed by atoms with Crippen molar-refractivity contribution >= 4 is 9.84 Å². The maximum atomic E-state index is 11.0. The zero-order chi connectivity index (χ0) is 9.90. The van der Waals surface area contributed by atoms with Crippen molar-refractivity contribution in [1.82, 2.24) is 5.32 Å². The van der Waals surface area contributed by atoms with Crippen LogP contribution in [0.4, 0.5) is 0 Å². The Morgan fingerprint density at radius 2 is 2.46 bits per heavy atom. The maximum absolute atomic E-state index is 11.0. The zero-order valence-corrected chi connectivity index (χ0v) is 8.21. The molecule has 4 nitrogen and oxygen atoms in total. The molecule has 0 aliphatic carbocycles. The van der Waals surface area contributed by atoms with Gasteiger partial charge in [-0.25, -0.2) is 8.42 Å². The molecule has 0 aromatic heterocycles. The molecule has 72 valence electrons. The first-order valence-electron chi connectivity index (χ1n) is 4.07. The molecular weight excluding hydrogens is 188 g/mol. The van der Waals surface area contributed by atoms with E-state index in [4.69, 9.17) is 5.26 Å². The third-order valence-electron chi connectivity index (χ3n) is 1.83. The van der Waals surface area contributed by atoms with E-state index in [0.29, 0.717) is 6.42 Å². The van der Waals surface area contributed by atoms with E-state index in [9.17, 15) is 8.42 Å². The minimum absolute atomic E-state index is 0.0351. The lowest BCUT2D eigenvalue weighted by Gasteiger charge is -2.14. The summed E-state index contributed by atoms with van der Waals surface area (Å²) in [5.41, 5.74) is 0. The van der Waals surface area contributed by atoms with Crippen LogP contribution in [-0.2, 0) is 9.84 Å². The van der Waals surface area contributed by atoms with Crippen LogP contribution in [0.25, 0.3) is 0 Å². The molecule has 0 radical (unpaired) electrons. The number of nitrogens with zero attached hydrogens (tertiary/aromatic N) is 1. The highest BCUT2D eigenvalue weighted by molar-refractivity contribution is 7.94. The van der Waals surface area contributed by atoms with E-state index < -0.39 is 9.84 Å². The van der Waals surface area contributed by atoms with E-state index in [-0.39, 0.29) is 17.8 Å². The lowest BCUT2D eigenvalue weighted by atomic mass is 10.2. The summed E-state index contributed by atoms with van der Waals surface area (Å²) in [5.74, 6) is 0.114. The normalized spacial score (nSPS) is 26.9. The van der Waals surface area contributed by atoms with Crippen LogP contribution < -0.4 is 5.32 Å². The van der Waals surface area contributed by atoms with Gasteiger partial charge in [0.1, 0.15) is 0 Å². The summed E-state index contributed by atoms with van der Waals surface area (Å²) in [6.07, 6.45) is 2.02. The summed E-state index contributed by atoms with van der Waals surface area (Å²) in [5, 5.41) is 12.7. The van der Waals surface area contributed by atoms with Gasteiger partial charge in [0, 0.05) is 17.5 Å². The van der Waals surface area contributed by atoms with Crippen molar-refractivity contribution in [3.63, 3.8) is 0 Å². The molecule has 0 saturated carbocycles. The first kappa shape index (κ1) is 10.2. The Hall–Kier alpha value is -0.860. The van der Waals surface area contributed by atoms with E-state index in [1.165, 1.54) is 5.41 Å². The van der Waals surface area contributed by atoms with Crippen LogP contribution in [0.15, 0.2) is 11.5 Å². The largest absolute Gasteiger partial charge is 0.306 e. The van der Waals surface area contributed by atoms with Crippen molar-refractivity contribution < 1.29 is 8.42 Å². The second-order valence-electron chi connectivity index (χ2n) is 3.19. The second kappa shape index (κ2) is 3.90. The fourth-order valence-electron chi connectivity index (χ4n) is 1.24. The van der Waals surface area contributed by atoms with Crippen LogP contribution in [0.1, 0.15) is 13.3 Å². The Kier molecular flexibility index (Phi) is 3.07. The van der Waals surface area contributed by atoms with Crippen LogP contribution >= 0.6 is 0 Å². The highest BCUT2D eigenvalue weighted by Crippen LogP contribution is 2.08. The monoisotopic (exact) mass is 200 g/mol. The Bertz CT molecular complexity index is 340. The van der Waals surface area contributed by atoms with Gasteiger partial charge in [0.05, 0.1) is 18.2 Å². The summed E-state index contributed by atoms with van der Waals surface area (Å²) in [4.78, 5) is 0. The van der Waals surface area contributed by atoms with Gasteiger partial charge in [-0.1, -0.05) is 6.08 Å². The number of hydrogen-bond acceptors (Lipinski definition) is 4. The number of rotatable bonds is 3. The maximum Gasteiger partial charge on any atom is 0.173 e. The van der Waals surface area contributed by atoms with E-state index in [1.807, 2.05) is 13.0 Å². The summed E-state index contributed by atoms with van der Waals surface area (Å²) in [6, 6.07) is 1.93. The third-order valence-corrected chi connectivity index (χ3v) is 3.22. The number of nitriles is 1. The molecule has 0 aromatic rings. The van der Waals surface area contributed by atoms with Crippen molar-refractivity contribution in [2.45, 2.75) is 25.4 Å². The van der Waals surface area contributed by atoms with Crippen LogP contribution in [0.5, 0.6) is 0 Å². The third kappa shape index (κ3) is 3.17. The predicted octanol–water partition coefficient (Wildman–Crippen LogP) is 0.189. The molecular formula is C8H12N2O2S. The first-order chi connectivity index (χ1) is 6.03. The molecule has 0 spiro atoms. The lowest BCUT2D eigenvalue weighted by Crippen LogP contribution is -2.36. The van der Waals surface area contributed by atoms with Gasteiger partial charge < -0.3 is 5.32 Å². The molecule has 0 bridgehead atoms. The van der Waals surface area contributed by atoms with Crippen LogP contribution in [0.3, 0.4) is 0 Å². The van der Waals surface area contributed by atoms with Crippen molar-refractivity contribution in [3.8, 4) is 6.07 Å². The quantitative estimate of drug-likeness (QED) is 0.706. The first-order valence-corrected chi connectivity index (χ1v) is 5.79. The molecule has 1 rings (SSSR count). The van der Waals surface area contributed by atoms with E-state index in [2.05, 4.69) is 5.32 Å². The van der Waals surface area contributed by atoms with Crippen molar-refractivity contribution in [3.05, 3.63) is 11.5 Å². The topological polar surface area (TPSA) is 70.0 Å². The van der Waals surface area contributed by atoms with Gasteiger partial charge >= 0.3 is 0 Å². The van der Waals surface area contributed by atoms with Gasteiger partial charge in [-0.2, -0.15) is 5.26 Å². The van der Waals surface area contributed by atoms with Crippen LogP contribution in [-0.4, -0.2) is 26.3 Å². The van der Waals surface area contributed by atoms with Gasteiger partial charge in [-0.15, -0.1) is 0 Å². The Morgan fingerprint density at radius 3 is 2.92 bits per heavy atom. The minimum Gasteiger partial charge on any atom is -0.306 e. The summed E-state index contributed by atoms with van der Waals surface area (Å²) >= 11 is 0. The summed E-state index contributed by atoms with van der Waals surface area (Å²) < 4.78 is 22.0. The smallest absolute Gasteiger partial charge is 0.173 e. The van der Waals surface area contributed by atoms with Gasteiger partial charge in [0.25, 0.3) is 0 Å². The zero-order valence-electron chi connectivity index (χ0n) is 7.40. The van der Waals surface area contributed by atoms with E-state index in [1.54, 1.807) is 6.08 Å². The molecule has 5 heteroatoms. The fourth-order valence-corrected chi connectivity index (χ4v) is 2.49. The lowest BCUT2D eigenvalue weighted by molar-refractivity contribution is 0.523. The molecule has 0 saturated heterocycles. The van der Waals surface area contributed by atoms with E-state index >= 15 is 0 Å². The Labute approximate surface area is 78.2 Å². The summed E-state index contributed by atoms with van der Waals surface area (Å²) in [6.45, 7) is 1.86. The molecule has 0 amide bonds. The minimum atomic E-state index is -2.98. The molecule has 1 N–H and O–H groups in total. The van der Waals surface area contributed by atoms with Gasteiger partial charge in [0.2, 0.25) is 0 Å². The van der Waals surface area contributed by atoms with Crippen LogP contribution in [0.2, 0.25) is 0 Å². The van der Waals surface area contributed by atoms with Crippen LogP contribution in [0, 0.1) is 11.3 Å². The van der Waals surface area contributed by atoms with Crippen molar-refractivity contribution in [2.24, 2.45) is 0 Å². The molecule has 1 heterocycles. The number of sulfone groups is 1. The molecule has 1 aliphatic rings. The molecule has 0 fully saturated rings. The van der Waals surface area contributed by atoms with Gasteiger partial charge in [-0.3, -0.25) is 0 Å². The highest BCUT2D eigenvalue weighted by atomic mass is 32.2. The average Bonchev–Trinajstić information content (AvgIpc) is 2.30. The number of hydrogen-bond donors (Lipinski definition) is 1. The molecule has 1 aliphatic heterocycles. The van der Waals surface area contributed by atoms with Gasteiger partial charge in [-0.05, 0) is 6.92 Å². The molecule has 13 heavy (non-hydrogen) atoms.